The van der Waals surface area contributed by atoms with Crippen LogP contribution in [0.4, 0.5) is 0 Å². The minimum absolute atomic E-state index is 0.281. The lowest BCUT2D eigenvalue weighted by Crippen LogP contribution is -2.17. The molecule has 2 aromatic carbocycles. The average Bonchev–Trinajstić information content (AvgIpc) is 2.42. The summed E-state index contributed by atoms with van der Waals surface area (Å²) in [7, 11) is 2.02. The van der Waals surface area contributed by atoms with E-state index in [1.54, 1.807) is 0 Å². The van der Waals surface area contributed by atoms with E-state index in [-0.39, 0.29) is 6.04 Å². The van der Waals surface area contributed by atoms with Crippen molar-refractivity contribution in [3.05, 3.63) is 71.3 Å². The molecule has 0 heterocycles. The maximum Gasteiger partial charge on any atom is 0.0574 e. The van der Waals surface area contributed by atoms with Crippen molar-refractivity contribution in [1.82, 2.24) is 5.32 Å². The zero-order valence-corrected chi connectivity index (χ0v) is 11.2. The Morgan fingerprint density at radius 3 is 2.33 bits per heavy atom. The Kier molecular flexibility index (Phi) is 4.54. The Morgan fingerprint density at radius 1 is 0.944 bits per heavy atom. The molecular formula is C17H21N. The Labute approximate surface area is 110 Å². The fourth-order valence-electron chi connectivity index (χ4n) is 2.39. The molecule has 18 heavy (non-hydrogen) atoms. The number of aryl methyl sites for hydroxylation is 1. The smallest absolute Gasteiger partial charge is 0.0574 e. The standard InChI is InChI=1S/C17H21N/c1-3-8-14-9-7-12-16(13-14)17(18-2)15-10-5-4-6-11-15/h4-7,9-13,17-18H,3,8H2,1-2H3. The molecule has 0 fully saturated rings. The molecule has 1 N–H and O–H groups in total. The zero-order valence-electron chi connectivity index (χ0n) is 11.2. The van der Waals surface area contributed by atoms with Crippen LogP contribution in [-0.4, -0.2) is 7.05 Å². The van der Waals surface area contributed by atoms with Crippen molar-refractivity contribution in [3.63, 3.8) is 0 Å². The minimum atomic E-state index is 0.281. The van der Waals surface area contributed by atoms with Crippen LogP contribution in [0, 0.1) is 0 Å². The van der Waals surface area contributed by atoms with Gasteiger partial charge in [-0.1, -0.05) is 67.9 Å². The third-order valence-electron chi connectivity index (χ3n) is 3.24. The lowest BCUT2D eigenvalue weighted by Gasteiger charge is -2.18. The highest BCUT2D eigenvalue weighted by Crippen LogP contribution is 2.22. The van der Waals surface area contributed by atoms with Crippen molar-refractivity contribution in [2.45, 2.75) is 25.8 Å². The van der Waals surface area contributed by atoms with Crippen molar-refractivity contribution in [3.8, 4) is 0 Å². The topological polar surface area (TPSA) is 12.0 Å². The summed E-state index contributed by atoms with van der Waals surface area (Å²) in [6.45, 7) is 2.22. The van der Waals surface area contributed by atoms with E-state index in [0.29, 0.717) is 0 Å². The lowest BCUT2D eigenvalue weighted by atomic mass is 9.96. The van der Waals surface area contributed by atoms with Crippen molar-refractivity contribution in [2.75, 3.05) is 7.05 Å². The molecule has 0 saturated carbocycles. The van der Waals surface area contributed by atoms with Crippen molar-refractivity contribution in [1.29, 1.82) is 0 Å². The van der Waals surface area contributed by atoms with Gasteiger partial charge in [0.25, 0.3) is 0 Å². The molecule has 2 rings (SSSR count). The van der Waals surface area contributed by atoms with Crippen molar-refractivity contribution < 1.29 is 0 Å². The van der Waals surface area contributed by atoms with Gasteiger partial charge in [-0.3, -0.25) is 0 Å². The summed E-state index contributed by atoms with van der Waals surface area (Å²) in [5.41, 5.74) is 4.08. The van der Waals surface area contributed by atoms with Crippen molar-refractivity contribution in [2.24, 2.45) is 0 Å². The largest absolute Gasteiger partial charge is 0.309 e. The number of nitrogens with one attached hydrogen (secondary N) is 1. The number of hydrogen-bond donors (Lipinski definition) is 1. The van der Waals surface area contributed by atoms with E-state index in [1.807, 2.05) is 7.05 Å². The van der Waals surface area contributed by atoms with Gasteiger partial charge >= 0.3 is 0 Å². The SMILES string of the molecule is CCCc1cccc(C(NC)c2ccccc2)c1. The van der Waals surface area contributed by atoms with Crippen LogP contribution < -0.4 is 5.32 Å². The second kappa shape index (κ2) is 6.36. The van der Waals surface area contributed by atoms with Gasteiger partial charge < -0.3 is 5.32 Å². The van der Waals surface area contributed by atoms with Crippen molar-refractivity contribution >= 4 is 0 Å². The first kappa shape index (κ1) is 12.8. The molecule has 0 amide bonds. The molecule has 0 bridgehead atoms. The van der Waals surface area contributed by atoms with Gasteiger partial charge in [0.15, 0.2) is 0 Å². The summed E-state index contributed by atoms with van der Waals surface area (Å²) in [6, 6.07) is 19.8. The van der Waals surface area contributed by atoms with Gasteiger partial charge in [-0.25, -0.2) is 0 Å². The first-order valence-corrected chi connectivity index (χ1v) is 6.66. The summed E-state index contributed by atoms with van der Waals surface area (Å²) < 4.78 is 0. The molecule has 0 aliphatic heterocycles. The molecule has 1 unspecified atom stereocenters. The molecule has 2 aromatic rings. The van der Waals surface area contributed by atoms with Crippen LogP contribution in [0.5, 0.6) is 0 Å². The molecule has 0 saturated heterocycles. The summed E-state index contributed by atoms with van der Waals surface area (Å²) in [5, 5.41) is 3.40. The van der Waals surface area contributed by atoms with E-state index in [4.69, 9.17) is 0 Å². The molecule has 1 nitrogen and oxygen atoms in total. The van der Waals surface area contributed by atoms with Gasteiger partial charge in [0.2, 0.25) is 0 Å². The van der Waals surface area contributed by atoms with Crippen LogP contribution >= 0.6 is 0 Å². The van der Waals surface area contributed by atoms with Gasteiger partial charge in [-0.2, -0.15) is 0 Å². The van der Waals surface area contributed by atoms with Crippen LogP contribution in [0.3, 0.4) is 0 Å². The van der Waals surface area contributed by atoms with Gasteiger partial charge in [0.05, 0.1) is 6.04 Å². The van der Waals surface area contributed by atoms with E-state index in [2.05, 4.69) is 66.8 Å². The average molecular weight is 239 g/mol. The minimum Gasteiger partial charge on any atom is -0.309 e. The molecule has 0 radical (unpaired) electrons. The van der Waals surface area contributed by atoms with E-state index >= 15 is 0 Å². The molecule has 0 aliphatic carbocycles. The number of hydrogen-bond acceptors (Lipinski definition) is 1. The van der Waals surface area contributed by atoms with Gasteiger partial charge in [-0.15, -0.1) is 0 Å². The van der Waals surface area contributed by atoms with Crippen LogP contribution in [-0.2, 0) is 6.42 Å². The van der Waals surface area contributed by atoms with E-state index in [9.17, 15) is 0 Å². The van der Waals surface area contributed by atoms with E-state index in [0.717, 1.165) is 6.42 Å². The fourth-order valence-corrected chi connectivity index (χ4v) is 2.39. The monoisotopic (exact) mass is 239 g/mol. The number of benzene rings is 2. The van der Waals surface area contributed by atoms with Crippen LogP contribution in [0.1, 0.15) is 36.1 Å². The molecule has 0 aromatic heterocycles. The van der Waals surface area contributed by atoms with Crippen LogP contribution in [0.15, 0.2) is 54.6 Å². The van der Waals surface area contributed by atoms with Crippen LogP contribution in [0.25, 0.3) is 0 Å². The Balaban J connectivity index is 2.30. The lowest BCUT2D eigenvalue weighted by molar-refractivity contribution is 0.690. The Morgan fingerprint density at radius 2 is 1.67 bits per heavy atom. The van der Waals surface area contributed by atoms with E-state index in [1.165, 1.54) is 23.1 Å². The molecular weight excluding hydrogens is 218 g/mol. The molecule has 0 aliphatic rings. The molecule has 1 atom stereocenters. The highest BCUT2D eigenvalue weighted by Gasteiger charge is 2.11. The zero-order chi connectivity index (χ0) is 12.8. The molecule has 0 spiro atoms. The van der Waals surface area contributed by atoms with Gasteiger partial charge in [0, 0.05) is 0 Å². The van der Waals surface area contributed by atoms with Gasteiger partial charge in [0.1, 0.15) is 0 Å². The maximum atomic E-state index is 3.40. The highest BCUT2D eigenvalue weighted by molar-refractivity contribution is 5.34. The summed E-state index contributed by atoms with van der Waals surface area (Å²) >= 11 is 0. The number of rotatable bonds is 5. The predicted octanol–water partition coefficient (Wildman–Crippen LogP) is 3.95. The van der Waals surface area contributed by atoms with E-state index < -0.39 is 0 Å². The second-order valence-electron chi connectivity index (χ2n) is 4.63. The molecule has 1 heteroatoms. The maximum absolute atomic E-state index is 3.40. The quantitative estimate of drug-likeness (QED) is 0.833. The Bertz CT molecular complexity index is 476. The third kappa shape index (κ3) is 2.99. The summed E-state index contributed by atoms with van der Waals surface area (Å²) in [5.74, 6) is 0. The normalized spacial score (nSPS) is 12.3. The van der Waals surface area contributed by atoms with Crippen LogP contribution in [0.2, 0.25) is 0 Å². The highest BCUT2D eigenvalue weighted by atomic mass is 14.9. The van der Waals surface area contributed by atoms with Gasteiger partial charge in [-0.05, 0) is 30.2 Å². The first-order valence-electron chi connectivity index (χ1n) is 6.66. The fraction of sp³-hybridized carbons (Fsp3) is 0.294. The molecule has 94 valence electrons. The third-order valence-corrected chi connectivity index (χ3v) is 3.24. The summed E-state index contributed by atoms with van der Waals surface area (Å²) in [4.78, 5) is 0. The second-order valence-corrected chi connectivity index (χ2v) is 4.63. The first-order chi connectivity index (χ1) is 8.85. The Hall–Kier alpha value is -1.60. The predicted molar refractivity (Wildman–Crippen MR) is 77.8 cm³/mol. The summed E-state index contributed by atoms with van der Waals surface area (Å²) in [6.07, 6.45) is 2.35.